The average molecular weight is 135 g/mol. The number of rotatable bonds is 0. The third-order valence-corrected chi connectivity index (χ3v) is 0.197. The smallest absolute Gasteiger partial charge is 0.239 e. The van der Waals surface area contributed by atoms with Crippen molar-refractivity contribution in [2.24, 2.45) is 0 Å². The van der Waals surface area contributed by atoms with Crippen LogP contribution in [0.4, 0.5) is 18.4 Å². The van der Waals surface area contributed by atoms with Gasteiger partial charge in [0.2, 0.25) is 0 Å². The van der Waals surface area contributed by atoms with Crippen molar-refractivity contribution in [2.75, 3.05) is 0 Å². The molecular weight excluding hydrogens is 132 g/mol. The Morgan fingerprint density at radius 2 is 1.38 bits per heavy atom. The van der Waals surface area contributed by atoms with E-state index in [1.165, 1.54) is 0 Å². The third kappa shape index (κ3) is 9.23. The molecule has 0 rings (SSSR count). The first kappa shape index (κ1) is 10.7. The largest absolute Gasteiger partial charge is 0.406 e. The van der Waals surface area contributed by atoms with E-state index in [0.717, 1.165) is 0 Å². The highest BCUT2D eigenvalue weighted by atomic mass is 24.3. The number of nitrogens with one attached hydrogen (secondary N) is 1. The van der Waals surface area contributed by atoms with Crippen molar-refractivity contribution < 1.29 is 18.4 Å². The molecule has 0 radical (unpaired) electrons. The summed E-state index contributed by atoms with van der Waals surface area (Å²) >= 11 is 0. The molecule has 0 saturated heterocycles. The van der Waals surface area contributed by atoms with Crippen molar-refractivity contribution in [3.63, 3.8) is 0 Å². The van der Waals surface area contributed by atoms with Gasteiger partial charge in [-0.3, -0.25) is 0 Å². The van der Waals surface area contributed by atoms with Gasteiger partial charge in [0.1, 0.15) is 0 Å². The van der Waals surface area contributed by atoms with Gasteiger partial charge in [-0.2, -0.15) is 0 Å². The molecule has 44 valence electrons. The van der Waals surface area contributed by atoms with Crippen LogP contribution in [-0.2, 0) is 0 Å². The molecule has 0 spiro atoms. The van der Waals surface area contributed by atoms with Crippen molar-refractivity contribution in [2.45, 2.75) is 0 Å². The van der Waals surface area contributed by atoms with Crippen LogP contribution in [0.3, 0.4) is 0 Å². The maximum Gasteiger partial charge on any atom is 0.406 e. The van der Waals surface area contributed by atoms with Crippen LogP contribution in [0.1, 0.15) is 0 Å². The van der Waals surface area contributed by atoms with Gasteiger partial charge in [0.25, 0.3) is 0 Å². The molecule has 0 aromatic carbocycles. The quantitative estimate of drug-likeness (QED) is 0.285. The van der Waals surface area contributed by atoms with E-state index in [4.69, 9.17) is 9.59 Å². The second-order valence-electron chi connectivity index (χ2n) is 0.672. The van der Waals surface area contributed by atoms with Crippen molar-refractivity contribution in [3.05, 3.63) is 0 Å². The lowest BCUT2D eigenvalue weighted by Crippen LogP contribution is -2.19. The maximum absolute atomic E-state index is 10.7. The zero-order chi connectivity index (χ0) is 5.86. The molecule has 2 amide bonds. The van der Waals surface area contributed by atoms with E-state index in [9.17, 15) is 8.78 Å². The fourth-order valence-electron chi connectivity index (χ4n) is 0.0773. The van der Waals surface area contributed by atoms with Crippen molar-refractivity contribution in [3.8, 4) is 0 Å². The summed E-state index contributed by atoms with van der Waals surface area (Å²) in [6.07, 6.45) is -4.37. The summed E-state index contributed by atoms with van der Waals surface area (Å²) in [5.74, 6) is 0. The van der Waals surface area contributed by atoms with E-state index < -0.39 is 12.3 Å². The maximum atomic E-state index is 10.7. The van der Waals surface area contributed by atoms with Crippen LogP contribution in [-0.4, -0.2) is 35.4 Å². The molecule has 0 atom stereocenters. The summed E-state index contributed by atoms with van der Waals surface area (Å²) in [5.41, 5.74) is 0. The Kier molecular flexibility index (Phi) is 6.57. The lowest BCUT2D eigenvalue weighted by atomic mass is 11.1. The van der Waals surface area contributed by atoms with Crippen molar-refractivity contribution >= 4 is 35.4 Å². The SMILES string of the molecule is O=C(F)NC(=O)F.[MgH2]. The van der Waals surface area contributed by atoms with Gasteiger partial charge in [-0.05, 0) is 0 Å². The molecule has 0 aliphatic heterocycles. The van der Waals surface area contributed by atoms with Crippen molar-refractivity contribution in [1.82, 2.24) is 5.32 Å². The Labute approximate surface area is 59.6 Å². The van der Waals surface area contributed by atoms with Crippen LogP contribution < -0.4 is 5.32 Å². The van der Waals surface area contributed by atoms with Crippen LogP contribution in [0.25, 0.3) is 0 Å². The monoisotopic (exact) mass is 135 g/mol. The molecule has 0 bridgehead atoms. The first-order valence-corrected chi connectivity index (χ1v) is 1.29. The Balaban J connectivity index is 0. The molecule has 1 N–H and O–H groups in total. The van der Waals surface area contributed by atoms with E-state index in [0.29, 0.717) is 5.32 Å². The first-order valence-electron chi connectivity index (χ1n) is 1.29. The normalized spacial score (nSPS) is 6.75. The van der Waals surface area contributed by atoms with Gasteiger partial charge in [0, 0.05) is 0 Å². The number of hydrogen-bond donors (Lipinski definition) is 1. The van der Waals surface area contributed by atoms with Crippen LogP contribution in [0.2, 0.25) is 0 Å². The molecule has 0 fully saturated rings. The van der Waals surface area contributed by atoms with Gasteiger partial charge < -0.3 is 0 Å². The highest BCUT2D eigenvalue weighted by Gasteiger charge is 2.00. The minimum atomic E-state index is -2.19. The fourth-order valence-corrected chi connectivity index (χ4v) is 0.0773. The first-order chi connectivity index (χ1) is 3.13. The summed E-state index contributed by atoms with van der Waals surface area (Å²) in [7, 11) is 0. The van der Waals surface area contributed by atoms with Gasteiger partial charge in [-0.15, -0.1) is 8.78 Å². The topological polar surface area (TPSA) is 46.2 Å². The molecule has 3 nitrogen and oxygen atoms in total. The summed E-state index contributed by atoms with van der Waals surface area (Å²) in [5, 5.41) is 0.694. The van der Waals surface area contributed by atoms with Crippen LogP contribution >= 0.6 is 0 Å². The molecule has 0 unspecified atom stereocenters. The number of amides is 2. The standard InChI is InChI=1S/C2HF2NO2.Mg.2H/c3-1(6)5-2(4)7;;;/h(H,5,6,7);;;. The zero-order valence-corrected chi connectivity index (χ0v) is 3.07. The third-order valence-electron chi connectivity index (χ3n) is 0.197. The second kappa shape index (κ2) is 4.91. The Hall–Kier alpha value is -0.234. The Bertz CT molecular complexity index is 94.2. The molecule has 0 aliphatic rings. The lowest BCUT2D eigenvalue weighted by Gasteiger charge is -1.80. The minimum Gasteiger partial charge on any atom is -0.239 e. The molecule has 0 aliphatic carbocycles. The predicted molar refractivity (Wildman–Crippen MR) is 24.7 cm³/mol. The van der Waals surface area contributed by atoms with Gasteiger partial charge in [-0.25, -0.2) is 14.9 Å². The van der Waals surface area contributed by atoms with Crippen LogP contribution in [0.15, 0.2) is 0 Å². The van der Waals surface area contributed by atoms with Gasteiger partial charge in [0.15, 0.2) is 0 Å². The van der Waals surface area contributed by atoms with E-state index in [2.05, 4.69) is 0 Å². The molecule has 8 heavy (non-hydrogen) atoms. The number of imide groups is 1. The molecule has 0 heterocycles. The number of hydrogen-bond acceptors (Lipinski definition) is 2. The number of halogens is 2. The summed E-state index contributed by atoms with van der Waals surface area (Å²) < 4.78 is 21.5. The molecule has 0 saturated carbocycles. The fraction of sp³-hybridized carbons (Fsp3) is 0. The molecule has 6 heteroatoms. The lowest BCUT2D eigenvalue weighted by molar-refractivity contribution is 0.205. The number of carbonyl (C=O) groups is 2. The highest BCUT2D eigenvalue weighted by Crippen LogP contribution is 1.72. The molecule has 0 aromatic rings. The predicted octanol–water partition coefficient (Wildman–Crippen LogP) is -0.161. The van der Waals surface area contributed by atoms with Crippen LogP contribution in [0.5, 0.6) is 0 Å². The second-order valence-corrected chi connectivity index (χ2v) is 0.672. The zero-order valence-electron chi connectivity index (χ0n) is 3.07. The average Bonchev–Trinajstić information content (AvgIpc) is 1.27. The highest BCUT2D eigenvalue weighted by molar-refractivity contribution is 5.85. The molecular formula is C2H3F2MgNO2. The van der Waals surface area contributed by atoms with E-state index in [-0.39, 0.29) is 23.1 Å². The number of carbonyl (C=O) groups excluding carboxylic acids is 2. The van der Waals surface area contributed by atoms with Crippen LogP contribution in [0, 0.1) is 0 Å². The Morgan fingerprint density at radius 3 is 1.38 bits per heavy atom. The van der Waals surface area contributed by atoms with Crippen molar-refractivity contribution in [1.29, 1.82) is 0 Å². The summed E-state index contributed by atoms with van der Waals surface area (Å²) in [6.45, 7) is 0. The van der Waals surface area contributed by atoms with E-state index >= 15 is 0 Å². The van der Waals surface area contributed by atoms with Gasteiger partial charge in [-0.1, -0.05) is 0 Å². The summed E-state index contributed by atoms with van der Waals surface area (Å²) in [6, 6.07) is 0. The molecule has 0 aromatic heterocycles. The van der Waals surface area contributed by atoms with Gasteiger partial charge >= 0.3 is 35.4 Å². The van der Waals surface area contributed by atoms with Gasteiger partial charge in [0.05, 0.1) is 0 Å². The minimum absolute atomic E-state index is 0. The Morgan fingerprint density at radius 1 is 1.12 bits per heavy atom. The summed E-state index contributed by atoms with van der Waals surface area (Å²) in [4.78, 5) is 18.0. The van der Waals surface area contributed by atoms with E-state index in [1.807, 2.05) is 0 Å². The van der Waals surface area contributed by atoms with E-state index in [1.54, 1.807) is 0 Å².